The van der Waals surface area contributed by atoms with Crippen LogP contribution in [0.15, 0.2) is 76.5 Å². The van der Waals surface area contributed by atoms with Gasteiger partial charge in [-0.05, 0) is 79.3 Å². The van der Waals surface area contributed by atoms with Gasteiger partial charge >= 0.3 is 5.97 Å². The van der Waals surface area contributed by atoms with E-state index in [1.165, 1.54) is 10.5 Å². The summed E-state index contributed by atoms with van der Waals surface area (Å²) in [5.74, 6) is 0.940. The summed E-state index contributed by atoms with van der Waals surface area (Å²) in [4.78, 5) is 13.2. The number of hydrogen-bond donors (Lipinski definition) is 1. The molecule has 0 radical (unpaired) electrons. The Morgan fingerprint density at radius 2 is 1.82 bits per heavy atom. The topological polar surface area (TPSA) is 55.8 Å². The van der Waals surface area contributed by atoms with Crippen LogP contribution < -0.4 is 9.47 Å². The second kappa shape index (κ2) is 13.1. The number of carboxylic acid groups (broad SMARTS) is 1. The van der Waals surface area contributed by atoms with Gasteiger partial charge < -0.3 is 14.6 Å². The molecule has 34 heavy (non-hydrogen) atoms. The Balaban J connectivity index is 1.60. The lowest BCUT2D eigenvalue weighted by Crippen LogP contribution is -2.19. The van der Waals surface area contributed by atoms with E-state index >= 15 is 0 Å². The average Bonchev–Trinajstić information content (AvgIpc) is 2.84. The molecule has 4 nitrogen and oxygen atoms in total. The standard InChI is InChI=1S/C29H34O4S/c1-4-22-11-15-27(28(20-22)34-26-9-7-6-8-10-26)33-24(5-2)17-18-32-25-14-12-23(21(3)19-25)13-16-29(30)31/h6-12,14-15,19-20,24H,4-5,13,16-18H2,1-3H3,(H,30,31). The van der Waals surface area contributed by atoms with Gasteiger partial charge in [-0.15, -0.1) is 0 Å². The minimum absolute atomic E-state index is 0.0542. The van der Waals surface area contributed by atoms with E-state index in [4.69, 9.17) is 14.6 Å². The maximum absolute atomic E-state index is 10.8. The molecule has 3 aromatic carbocycles. The predicted octanol–water partition coefficient (Wildman–Crippen LogP) is 7.35. The van der Waals surface area contributed by atoms with E-state index in [0.717, 1.165) is 46.8 Å². The molecule has 0 aromatic heterocycles. The number of rotatable bonds is 13. The first-order valence-corrected chi connectivity index (χ1v) is 12.8. The van der Waals surface area contributed by atoms with Crippen LogP contribution in [0.3, 0.4) is 0 Å². The third-order valence-corrected chi connectivity index (χ3v) is 6.81. The van der Waals surface area contributed by atoms with Gasteiger partial charge in [0.15, 0.2) is 0 Å². The first kappa shape index (κ1) is 25.7. The minimum Gasteiger partial charge on any atom is -0.493 e. The van der Waals surface area contributed by atoms with Gasteiger partial charge in [0, 0.05) is 17.7 Å². The molecular weight excluding hydrogens is 444 g/mol. The molecule has 3 aromatic rings. The predicted molar refractivity (Wildman–Crippen MR) is 138 cm³/mol. The largest absolute Gasteiger partial charge is 0.493 e. The normalized spacial score (nSPS) is 11.7. The van der Waals surface area contributed by atoms with E-state index in [1.807, 2.05) is 31.2 Å². The number of hydrogen-bond acceptors (Lipinski definition) is 4. The summed E-state index contributed by atoms with van der Waals surface area (Å²) in [6.45, 7) is 6.85. The number of carboxylic acids is 1. The zero-order valence-corrected chi connectivity index (χ0v) is 21.1. The highest BCUT2D eigenvalue weighted by Crippen LogP contribution is 2.36. The highest BCUT2D eigenvalue weighted by Gasteiger charge is 2.14. The molecule has 0 fully saturated rings. The van der Waals surface area contributed by atoms with Crippen LogP contribution in [0.4, 0.5) is 0 Å². The van der Waals surface area contributed by atoms with Gasteiger partial charge in [-0.2, -0.15) is 0 Å². The van der Waals surface area contributed by atoms with Gasteiger partial charge in [0.05, 0.1) is 11.5 Å². The summed E-state index contributed by atoms with van der Waals surface area (Å²) in [6.07, 6.45) is 3.39. The summed E-state index contributed by atoms with van der Waals surface area (Å²) in [5.41, 5.74) is 3.40. The monoisotopic (exact) mass is 478 g/mol. The second-order valence-electron chi connectivity index (χ2n) is 8.32. The number of benzene rings is 3. The molecular formula is C29H34O4S. The Labute approximate surface area is 207 Å². The van der Waals surface area contributed by atoms with Crippen molar-refractivity contribution in [3.63, 3.8) is 0 Å². The van der Waals surface area contributed by atoms with E-state index < -0.39 is 5.97 Å². The molecule has 0 aliphatic rings. The van der Waals surface area contributed by atoms with Crippen molar-refractivity contribution in [2.75, 3.05) is 6.61 Å². The van der Waals surface area contributed by atoms with Crippen molar-refractivity contribution in [2.45, 2.75) is 68.8 Å². The lowest BCUT2D eigenvalue weighted by Gasteiger charge is -2.20. The molecule has 0 aliphatic carbocycles. The smallest absolute Gasteiger partial charge is 0.303 e. The molecule has 5 heteroatoms. The third kappa shape index (κ3) is 7.84. The Morgan fingerprint density at radius 1 is 1.03 bits per heavy atom. The molecule has 0 heterocycles. The zero-order chi connectivity index (χ0) is 24.3. The first-order valence-electron chi connectivity index (χ1n) is 11.9. The van der Waals surface area contributed by atoms with Crippen LogP contribution in [-0.2, 0) is 17.6 Å². The summed E-state index contributed by atoms with van der Waals surface area (Å²) < 4.78 is 12.4. The van der Waals surface area contributed by atoms with E-state index in [1.54, 1.807) is 11.8 Å². The van der Waals surface area contributed by atoms with Crippen LogP contribution in [0.25, 0.3) is 0 Å². The van der Waals surface area contributed by atoms with E-state index in [-0.39, 0.29) is 12.5 Å². The van der Waals surface area contributed by atoms with Crippen LogP contribution in [0.1, 0.15) is 49.8 Å². The highest BCUT2D eigenvalue weighted by atomic mass is 32.2. The molecule has 0 bridgehead atoms. The first-order chi connectivity index (χ1) is 16.5. The zero-order valence-electron chi connectivity index (χ0n) is 20.3. The molecule has 0 saturated heterocycles. The van der Waals surface area contributed by atoms with Crippen LogP contribution in [-0.4, -0.2) is 23.8 Å². The quantitative estimate of drug-likeness (QED) is 0.278. The number of aryl methyl sites for hydroxylation is 3. The molecule has 1 unspecified atom stereocenters. The Morgan fingerprint density at radius 3 is 2.50 bits per heavy atom. The lowest BCUT2D eigenvalue weighted by molar-refractivity contribution is -0.136. The maximum atomic E-state index is 10.8. The van der Waals surface area contributed by atoms with Gasteiger partial charge in [-0.3, -0.25) is 4.79 Å². The average molecular weight is 479 g/mol. The van der Waals surface area contributed by atoms with Crippen LogP contribution in [0.5, 0.6) is 11.5 Å². The van der Waals surface area contributed by atoms with Crippen LogP contribution >= 0.6 is 11.8 Å². The Hall–Kier alpha value is -2.92. The Kier molecular flexibility index (Phi) is 9.89. The molecule has 180 valence electrons. The number of aliphatic carboxylic acids is 1. The fourth-order valence-corrected chi connectivity index (χ4v) is 4.65. The molecule has 1 atom stereocenters. The maximum Gasteiger partial charge on any atom is 0.303 e. The second-order valence-corrected chi connectivity index (χ2v) is 9.43. The molecule has 1 N–H and O–H groups in total. The molecule has 3 rings (SSSR count). The van der Waals surface area contributed by atoms with Crippen LogP contribution in [0, 0.1) is 6.92 Å². The fraction of sp³-hybridized carbons (Fsp3) is 0.345. The van der Waals surface area contributed by atoms with Crippen molar-refractivity contribution in [3.05, 3.63) is 83.4 Å². The lowest BCUT2D eigenvalue weighted by atomic mass is 10.0. The van der Waals surface area contributed by atoms with E-state index in [0.29, 0.717) is 13.0 Å². The van der Waals surface area contributed by atoms with Crippen molar-refractivity contribution in [2.24, 2.45) is 0 Å². The third-order valence-electron chi connectivity index (χ3n) is 5.77. The molecule has 0 saturated carbocycles. The van der Waals surface area contributed by atoms with Crippen molar-refractivity contribution in [1.29, 1.82) is 0 Å². The van der Waals surface area contributed by atoms with Gasteiger partial charge in [0.25, 0.3) is 0 Å². The van der Waals surface area contributed by atoms with Crippen LogP contribution in [0.2, 0.25) is 0 Å². The van der Waals surface area contributed by atoms with Crippen molar-refractivity contribution in [3.8, 4) is 11.5 Å². The summed E-state index contributed by atoms with van der Waals surface area (Å²) >= 11 is 1.73. The SMILES string of the molecule is CCc1ccc(OC(CC)CCOc2ccc(CCC(=O)O)c(C)c2)c(Sc2ccccc2)c1. The molecule has 0 aliphatic heterocycles. The highest BCUT2D eigenvalue weighted by molar-refractivity contribution is 7.99. The van der Waals surface area contributed by atoms with Gasteiger partial charge in [-0.25, -0.2) is 0 Å². The van der Waals surface area contributed by atoms with Crippen molar-refractivity contribution < 1.29 is 19.4 Å². The Bertz CT molecular complexity index is 1060. The molecule has 0 spiro atoms. The summed E-state index contributed by atoms with van der Waals surface area (Å²) in [6, 6.07) is 22.7. The fourth-order valence-electron chi connectivity index (χ4n) is 3.68. The summed E-state index contributed by atoms with van der Waals surface area (Å²) in [7, 11) is 0. The van der Waals surface area contributed by atoms with Gasteiger partial charge in [0.2, 0.25) is 0 Å². The van der Waals surface area contributed by atoms with Crippen molar-refractivity contribution >= 4 is 17.7 Å². The van der Waals surface area contributed by atoms with E-state index in [2.05, 4.69) is 56.3 Å². The van der Waals surface area contributed by atoms with Gasteiger partial charge in [0.1, 0.15) is 17.6 Å². The number of ether oxygens (including phenoxy) is 2. The van der Waals surface area contributed by atoms with Gasteiger partial charge in [-0.1, -0.05) is 55.9 Å². The van der Waals surface area contributed by atoms with E-state index in [9.17, 15) is 4.79 Å². The number of carbonyl (C=O) groups is 1. The summed E-state index contributed by atoms with van der Waals surface area (Å²) in [5, 5.41) is 8.90. The molecule has 0 amide bonds. The minimum atomic E-state index is -0.778. The van der Waals surface area contributed by atoms with Crippen molar-refractivity contribution in [1.82, 2.24) is 0 Å².